The van der Waals surface area contributed by atoms with Crippen molar-refractivity contribution in [3.63, 3.8) is 0 Å². The summed E-state index contributed by atoms with van der Waals surface area (Å²) in [5.41, 5.74) is 1.25. The van der Waals surface area contributed by atoms with Gasteiger partial charge in [0.05, 0.1) is 12.0 Å². The third kappa shape index (κ3) is 6.40. The Morgan fingerprint density at radius 1 is 1.00 bits per heavy atom. The summed E-state index contributed by atoms with van der Waals surface area (Å²) in [7, 11) is -0.881. The SMILES string of the molecule is CCC(Oc1cccc(Nc2cc(Nc3cccc(S(=O)(=O)NC)c3)ncn2)c1)C(=O)OC. The van der Waals surface area contributed by atoms with Gasteiger partial charge in [-0.05, 0) is 43.8 Å². The molecule has 0 aliphatic rings. The summed E-state index contributed by atoms with van der Waals surface area (Å²) < 4.78 is 36.8. The van der Waals surface area contributed by atoms with Crippen LogP contribution < -0.4 is 20.1 Å². The predicted molar refractivity (Wildman–Crippen MR) is 124 cm³/mol. The fourth-order valence-electron chi connectivity index (χ4n) is 2.89. The molecule has 174 valence electrons. The van der Waals surface area contributed by atoms with Gasteiger partial charge in [0.1, 0.15) is 23.7 Å². The van der Waals surface area contributed by atoms with Gasteiger partial charge in [0.25, 0.3) is 0 Å². The van der Waals surface area contributed by atoms with Crippen LogP contribution in [0.4, 0.5) is 23.0 Å². The van der Waals surface area contributed by atoms with E-state index >= 15 is 0 Å². The highest BCUT2D eigenvalue weighted by atomic mass is 32.2. The number of hydrogen-bond donors (Lipinski definition) is 3. The van der Waals surface area contributed by atoms with E-state index in [4.69, 9.17) is 9.47 Å². The molecule has 33 heavy (non-hydrogen) atoms. The zero-order valence-corrected chi connectivity index (χ0v) is 19.2. The van der Waals surface area contributed by atoms with Gasteiger partial charge >= 0.3 is 5.97 Å². The molecule has 1 heterocycles. The largest absolute Gasteiger partial charge is 0.479 e. The average Bonchev–Trinajstić information content (AvgIpc) is 2.82. The third-order valence-corrected chi connectivity index (χ3v) is 5.98. The molecule has 2 aromatic carbocycles. The van der Waals surface area contributed by atoms with Crippen LogP contribution in [-0.4, -0.2) is 44.6 Å². The number of nitrogens with one attached hydrogen (secondary N) is 3. The van der Waals surface area contributed by atoms with Crippen molar-refractivity contribution in [3.8, 4) is 5.75 Å². The molecule has 1 aromatic heterocycles. The first kappa shape index (κ1) is 24.0. The maximum Gasteiger partial charge on any atom is 0.347 e. The number of carbonyl (C=O) groups excluding carboxylic acids is 1. The number of aromatic nitrogens is 2. The molecular weight excluding hydrogens is 446 g/mol. The lowest BCUT2D eigenvalue weighted by molar-refractivity contribution is -0.148. The highest BCUT2D eigenvalue weighted by molar-refractivity contribution is 7.89. The van der Waals surface area contributed by atoms with Crippen LogP contribution in [-0.2, 0) is 19.6 Å². The van der Waals surface area contributed by atoms with Gasteiger partial charge in [0, 0.05) is 23.5 Å². The lowest BCUT2D eigenvalue weighted by Gasteiger charge is -2.16. The molecule has 0 aliphatic carbocycles. The Balaban J connectivity index is 1.74. The van der Waals surface area contributed by atoms with Crippen molar-refractivity contribution >= 4 is 39.0 Å². The van der Waals surface area contributed by atoms with Crippen LogP contribution in [0.5, 0.6) is 5.75 Å². The lowest BCUT2D eigenvalue weighted by atomic mass is 10.2. The molecule has 0 amide bonds. The minimum Gasteiger partial charge on any atom is -0.479 e. The number of hydrogen-bond acceptors (Lipinski definition) is 9. The van der Waals surface area contributed by atoms with Crippen molar-refractivity contribution in [2.45, 2.75) is 24.3 Å². The molecule has 0 saturated heterocycles. The molecule has 0 radical (unpaired) electrons. The fraction of sp³-hybridized carbons (Fsp3) is 0.227. The second kappa shape index (κ2) is 10.7. The van der Waals surface area contributed by atoms with Gasteiger partial charge < -0.3 is 20.1 Å². The van der Waals surface area contributed by atoms with Gasteiger partial charge in [-0.1, -0.05) is 19.1 Å². The average molecular weight is 472 g/mol. The normalized spacial score (nSPS) is 12.0. The third-order valence-electron chi connectivity index (χ3n) is 4.57. The van der Waals surface area contributed by atoms with E-state index in [1.807, 2.05) is 13.0 Å². The number of benzene rings is 2. The molecule has 3 aromatic rings. The van der Waals surface area contributed by atoms with Gasteiger partial charge in [-0.25, -0.2) is 27.9 Å². The lowest BCUT2D eigenvalue weighted by Crippen LogP contribution is -2.27. The Morgan fingerprint density at radius 3 is 2.24 bits per heavy atom. The highest BCUT2D eigenvalue weighted by Gasteiger charge is 2.19. The van der Waals surface area contributed by atoms with Crippen LogP contribution in [0.3, 0.4) is 0 Å². The summed E-state index contributed by atoms with van der Waals surface area (Å²) in [6.07, 6.45) is 1.16. The Kier molecular flexibility index (Phi) is 7.80. The Labute approximate surface area is 192 Å². The number of methoxy groups -OCH3 is 1. The van der Waals surface area contributed by atoms with E-state index in [0.717, 1.165) is 0 Å². The molecular formula is C22H25N5O5S. The molecule has 0 saturated carbocycles. The Bertz CT molecular complexity index is 1220. The summed E-state index contributed by atoms with van der Waals surface area (Å²) in [5, 5.41) is 6.23. The zero-order chi connectivity index (χ0) is 23.8. The molecule has 3 N–H and O–H groups in total. The standard InChI is InChI=1S/C22H25N5O5S/c1-4-19(22(28)31-3)32-17-9-5-7-15(11-17)26-20-13-21(25-14-24-20)27-16-8-6-10-18(12-16)33(29,30)23-2/h5-14,19,23H,4H2,1-3H3,(H2,24,25,26,27). The summed E-state index contributed by atoms with van der Waals surface area (Å²) in [4.78, 5) is 20.3. The smallest absolute Gasteiger partial charge is 0.347 e. The number of carbonyl (C=O) groups is 1. The van der Waals surface area contributed by atoms with Crippen LogP contribution in [0.25, 0.3) is 0 Å². The van der Waals surface area contributed by atoms with E-state index in [2.05, 4.69) is 25.3 Å². The van der Waals surface area contributed by atoms with Crippen LogP contribution in [0.2, 0.25) is 0 Å². The number of nitrogens with zero attached hydrogens (tertiary/aromatic N) is 2. The van der Waals surface area contributed by atoms with Crippen LogP contribution in [0.1, 0.15) is 13.3 Å². The van der Waals surface area contributed by atoms with Crippen molar-refractivity contribution in [1.29, 1.82) is 0 Å². The number of rotatable bonds is 10. The molecule has 0 fully saturated rings. The van der Waals surface area contributed by atoms with E-state index in [1.54, 1.807) is 36.4 Å². The van der Waals surface area contributed by atoms with E-state index in [-0.39, 0.29) is 4.90 Å². The molecule has 11 heteroatoms. The van der Waals surface area contributed by atoms with Gasteiger partial charge in [0.2, 0.25) is 10.0 Å². The second-order valence-corrected chi connectivity index (χ2v) is 8.73. The number of esters is 1. The van der Waals surface area contributed by atoms with Crippen molar-refractivity contribution < 1.29 is 22.7 Å². The fourth-order valence-corrected chi connectivity index (χ4v) is 3.67. The maximum atomic E-state index is 12.0. The van der Waals surface area contributed by atoms with Crippen molar-refractivity contribution in [1.82, 2.24) is 14.7 Å². The first-order chi connectivity index (χ1) is 15.8. The topological polar surface area (TPSA) is 132 Å². The Morgan fingerprint density at radius 2 is 1.64 bits per heavy atom. The monoisotopic (exact) mass is 471 g/mol. The first-order valence-electron chi connectivity index (χ1n) is 10.1. The van der Waals surface area contributed by atoms with E-state index in [1.165, 1.54) is 32.6 Å². The summed E-state index contributed by atoms with van der Waals surface area (Å²) in [5.74, 6) is 1.04. The minimum absolute atomic E-state index is 0.136. The van der Waals surface area contributed by atoms with E-state index in [9.17, 15) is 13.2 Å². The maximum absolute atomic E-state index is 12.0. The zero-order valence-electron chi connectivity index (χ0n) is 18.4. The van der Waals surface area contributed by atoms with E-state index in [0.29, 0.717) is 35.2 Å². The summed E-state index contributed by atoms with van der Waals surface area (Å²) in [6, 6.07) is 15.2. The summed E-state index contributed by atoms with van der Waals surface area (Å²) in [6.45, 7) is 1.84. The number of sulfonamides is 1. The molecule has 0 aliphatic heterocycles. The van der Waals surface area contributed by atoms with Crippen molar-refractivity contribution in [2.75, 3.05) is 24.8 Å². The van der Waals surface area contributed by atoms with Gasteiger partial charge in [-0.15, -0.1) is 0 Å². The predicted octanol–water partition coefficient (Wildman–Crippen LogP) is 3.20. The van der Waals surface area contributed by atoms with Crippen molar-refractivity contribution in [2.24, 2.45) is 0 Å². The minimum atomic E-state index is -3.56. The molecule has 0 bridgehead atoms. The molecule has 1 unspecified atom stereocenters. The molecule has 3 rings (SSSR count). The van der Waals surface area contributed by atoms with Crippen molar-refractivity contribution in [3.05, 3.63) is 60.9 Å². The highest BCUT2D eigenvalue weighted by Crippen LogP contribution is 2.24. The molecule has 10 nitrogen and oxygen atoms in total. The van der Waals surface area contributed by atoms with Gasteiger partial charge in [0.15, 0.2) is 6.10 Å². The number of ether oxygens (including phenoxy) is 2. The van der Waals surface area contributed by atoms with Crippen LogP contribution in [0, 0.1) is 0 Å². The Hall–Kier alpha value is -3.70. The summed E-state index contributed by atoms with van der Waals surface area (Å²) >= 11 is 0. The van der Waals surface area contributed by atoms with Crippen LogP contribution >= 0.6 is 0 Å². The molecule has 1 atom stereocenters. The number of anilines is 4. The first-order valence-corrected chi connectivity index (χ1v) is 11.6. The second-order valence-electron chi connectivity index (χ2n) is 6.84. The quantitative estimate of drug-likeness (QED) is 0.381. The van der Waals surface area contributed by atoms with Crippen LogP contribution in [0.15, 0.2) is 65.8 Å². The van der Waals surface area contributed by atoms with E-state index < -0.39 is 22.1 Å². The van der Waals surface area contributed by atoms with Gasteiger partial charge in [-0.2, -0.15) is 0 Å². The van der Waals surface area contributed by atoms with Gasteiger partial charge in [-0.3, -0.25) is 0 Å². The molecule has 0 spiro atoms.